The van der Waals surface area contributed by atoms with Crippen molar-refractivity contribution in [3.8, 4) is 5.75 Å². The summed E-state index contributed by atoms with van der Waals surface area (Å²) in [6, 6.07) is 8.40. The molecule has 1 aromatic heterocycles. The first-order valence-corrected chi connectivity index (χ1v) is 7.87. The molecule has 0 fully saturated rings. The standard InChI is InChI=1S/C17H19ClN2O4/c1-11-10-13(18)5-6-14(11)24-12(2)16(21)19-7-8-20-17(22)15-4-3-9-23-15/h3-6,9-10,12H,7-8H2,1-2H3,(H,19,21)(H,20,22). The van der Waals surface area contributed by atoms with E-state index in [1.54, 1.807) is 37.3 Å². The van der Waals surface area contributed by atoms with Crippen molar-refractivity contribution < 1.29 is 18.7 Å². The molecule has 0 bridgehead atoms. The summed E-state index contributed by atoms with van der Waals surface area (Å²) in [7, 11) is 0. The van der Waals surface area contributed by atoms with E-state index in [0.29, 0.717) is 17.3 Å². The molecule has 7 heteroatoms. The third-order valence-electron chi connectivity index (χ3n) is 3.26. The van der Waals surface area contributed by atoms with Gasteiger partial charge in [-0.05, 0) is 49.7 Å². The third kappa shape index (κ3) is 5.03. The fraction of sp³-hybridized carbons (Fsp3) is 0.294. The van der Waals surface area contributed by atoms with Crippen molar-refractivity contribution in [2.75, 3.05) is 13.1 Å². The largest absolute Gasteiger partial charge is 0.481 e. The zero-order valence-electron chi connectivity index (χ0n) is 13.5. The van der Waals surface area contributed by atoms with E-state index in [-0.39, 0.29) is 24.1 Å². The van der Waals surface area contributed by atoms with Gasteiger partial charge in [-0.3, -0.25) is 9.59 Å². The fourth-order valence-electron chi connectivity index (χ4n) is 1.99. The van der Waals surface area contributed by atoms with Crippen molar-refractivity contribution in [3.05, 3.63) is 52.9 Å². The summed E-state index contributed by atoms with van der Waals surface area (Å²) in [6.45, 7) is 4.09. The molecule has 6 nitrogen and oxygen atoms in total. The molecule has 0 saturated carbocycles. The highest BCUT2D eigenvalue weighted by atomic mass is 35.5. The fourth-order valence-corrected chi connectivity index (χ4v) is 2.22. The number of benzene rings is 1. The second-order valence-electron chi connectivity index (χ2n) is 5.19. The molecule has 2 rings (SSSR count). The molecule has 1 heterocycles. The van der Waals surface area contributed by atoms with Gasteiger partial charge >= 0.3 is 0 Å². The lowest BCUT2D eigenvalue weighted by Gasteiger charge is -2.16. The van der Waals surface area contributed by atoms with Crippen LogP contribution < -0.4 is 15.4 Å². The first-order valence-electron chi connectivity index (χ1n) is 7.49. The minimum Gasteiger partial charge on any atom is -0.481 e. The van der Waals surface area contributed by atoms with E-state index in [1.807, 2.05) is 6.92 Å². The van der Waals surface area contributed by atoms with Crippen LogP contribution in [0, 0.1) is 6.92 Å². The van der Waals surface area contributed by atoms with Gasteiger partial charge in [-0.15, -0.1) is 0 Å². The Morgan fingerprint density at radius 2 is 2.00 bits per heavy atom. The molecule has 1 unspecified atom stereocenters. The van der Waals surface area contributed by atoms with Crippen molar-refractivity contribution in [3.63, 3.8) is 0 Å². The molecule has 1 aromatic carbocycles. The Bertz CT molecular complexity index is 701. The summed E-state index contributed by atoms with van der Waals surface area (Å²) in [4.78, 5) is 23.6. The Hall–Kier alpha value is -2.47. The highest BCUT2D eigenvalue weighted by Gasteiger charge is 2.15. The Labute approximate surface area is 145 Å². The Balaban J connectivity index is 1.72. The zero-order valence-corrected chi connectivity index (χ0v) is 14.2. The number of carbonyl (C=O) groups excluding carboxylic acids is 2. The summed E-state index contributed by atoms with van der Waals surface area (Å²) < 4.78 is 10.6. The van der Waals surface area contributed by atoms with Crippen LogP contribution in [-0.2, 0) is 4.79 Å². The van der Waals surface area contributed by atoms with Crippen molar-refractivity contribution in [2.45, 2.75) is 20.0 Å². The van der Waals surface area contributed by atoms with Gasteiger partial charge in [0, 0.05) is 18.1 Å². The van der Waals surface area contributed by atoms with Crippen LogP contribution in [0.1, 0.15) is 23.0 Å². The zero-order chi connectivity index (χ0) is 17.5. The predicted octanol–water partition coefficient (Wildman–Crippen LogP) is 2.55. The number of aryl methyl sites for hydroxylation is 1. The molecule has 0 aliphatic carbocycles. The number of amides is 2. The van der Waals surface area contributed by atoms with Crippen LogP contribution in [0.15, 0.2) is 41.0 Å². The van der Waals surface area contributed by atoms with Crippen molar-refractivity contribution in [2.24, 2.45) is 0 Å². The molecule has 0 saturated heterocycles. The van der Waals surface area contributed by atoms with Crippen LogP contribution in [0.5, 0.6) is 5.75 Å². The van der Waals surface area contributed by atoms with Gasteiger partial charge in [-0.2, -0.15) is 0 Å². The molecule has 24 heavy (non-hydrogen) atoms. The highest BCUT2D eigenvalue weighted by Crippen LogP contribution is 2.22. The van der Waals surface area contributed by atoms with Gasteiger partial charge in [-0.1, -0.05) is 11.6 Å². The monoisotopic (exact) mass is 350 g/mol. The first-order chi connectivity index (χ1) is 11.5. The van der Waals surface area contributed by atoms with Gasteiger partial charge in [0.2, 0.25) is 0 Å². The summed E-state index contributed by atoms with van der Waals surface area (Å²) in [5.41, 5.74) is 0.855. The number of carbonyl (C=O) groups is 2. The van der Waals surface area contributed by atoms with E-state index in [2.05, 4.69) is 10.6 Å². The maximum atomic E-state index is 12.0. The molecular weight excluding hydrogens is 332 g/mol. The van der Waals surface area contributed by atoms with Crippen LogP contribution in [0.3, 0.4) is 0 Å². The van der Waals surface area contributed by atoms with Gasteiger partial charge in [-0.25, -0.2) is 0 Å². The summed E-state index contributed by atoms with van der Waals surface area (Å²) in [5, 5.41) is 5.96. The molecular formula is C17H19ClN2O4. The maximum absolute atomic E-state index is 12.0. The van der Waals surface area contributed by atoms with Gasteiger partial charge in [0.05, 0.1) is 6.26 Å². The van der Waals surface area contributed by atoms with Gasteiger partial charge < -0.3 is 19.8 Å². The molecule has 0 radical (unpaired) electrons. The Morgan fingerprint density at radius 3 is 2.67 bits per heavy atom. The number of hydrogen-bond acceptors (Lipinski definition) is 4. The number of ether oxygens (including phenoxy) is 1. The summed E-state index contributed by atoms with van der Waals surface area (Å²) in [5.74, 6) is 0.247. The second-order valence-corrected chi connectivity index (χ2v) is 5.63. The third-order valence-corrected chi connectivity index (χ3v) is 3.50. The van der Waals surface area contributed by atoms with E-state index < -0.39 is 6.10 Å². The Morgan fingerprint density at radius 1 is 1.25 bits per heavy atom. The number of rotatable bonds is 7. The van der Waals surface area contributed by atoms with Crippen LogP contribution in [0.25, 0.3) is 0 Å². The minimum absolute atomic E-state index is 0.233. The van der Waals surface area contributed by atoms with Crippen molar-refractivity contribution >= 4 is 23.4 Å². The maximum Gasteiger partial charge on any atom is 0.287 e. The average Bonchev–Trinajstić information content (AvgIpc) is 3.08. The first kappa shape index (κ1) is 17.9. The molecule has 1 atom stereocenters. The Kier molecular flexibility index (Phi) is 6.26. The van der Waals surface area contributed by atoms with Gasteiger partial charge in [0.15, 0.2) is 11.9 Å². The van der Waals surface area contributed by atoms with Crippen molar-refractivity contribution in [1.82, 2.24) is 10.6 Å². The van der Waals surface area contributed by atoms with E-state index in [4.69, 9.17) is 20.8 Å². The van der Waals surface area contributed by atoms with Gasteiger partial charge in [0.1, 0.15) is 5.75 Å². The molecule has 0 aliphatic heterocycles. The SMILES string of the molecule is Cc1cc(Cl)ccc1OC(C)C(=O)NCCNC(=O)c1ccco1. The van der Waals surface area contributed by atoms with Crippen LogP contribution in [-0.4, -0.2) is 31.0 Å². The lowest BCUT2D eigenvalue weighted by molar-refractivity contribution is -0.127. The summed E-state index contributed by atoms with van der Waals surface area (Å²) in [6.07, 6.45) is 0.764. The minimum atomic E-state index is -0.661. The molecule has 128 valence electrons. The molecule has 2 amide bonds. The van der Waals surface area contributed by atoms with E-state index in [1.165, 1.54) is 6.26 Å². The molecule has 0 aliphatic rings. The lowest BCUT2D eigenvalue weighted by atomic mass is 10.2. The smallest absolute Gasteiger partial charge is 0.287 e. The number of furan rings is 1. The average molecular weight is 351 g/mol. The normalized spacial score (nSPS) is 11.6. The predicted molar refractivity (Wildman–Crippen MR) is 90.3 cm³/mol. The van der Waals surface area contributed by atoms with E-state index in [9.17, 15) is 9.59 Å². The number of nitrogens with one attached hydrogen (secondary N) is 2. The molecule has 2 N–H and O–H groups in total. The van der Waals surface area contributed by atoms with Crippen LogP contribution in [0.2, 0.25) is 5.02 Å². The number of hydrogen-bond donors (Lipinski definition) is 2. The van der Waals surface area contributed by atoms with Gasteiger partial charge in [0.25, 0.3) is 11.8 Å². The molecule has 0 spiro atoms. The summed E-state index contributed by atoms with van der Waals surface area (Å²) >= 11 is 5.89. The van der Waals surface area contributed by atoms with Crippen LogP contribution >= 0.6 is 11.6 Å². The van der Waals surface area contributed by atoms with Crippen molar-refractivity contribution in [1.29, 1.82) is 0 Å². The quantitative estimate of drug-likeness (QED) is 0.752. The topological polar surface area (TPSA) is 80.6 Å². The van der Waals surface area contributed by atoms with E-state index in [0.717, 1.165) is 5.56 Å². The molecule has 2 aromatic rings. The second kappa shape index (κ2) is 8.40. The lowest BCUT2D eigenvalue weighted by Crippen LogP contribution is -2.40. The van der Waals surface area contributed by atoms with E-state index >= 15 is 0 Å². The number of halogens is 1. The highest BCUT2D eigenvalue weighted by molar-refractivity contribution is 6.30. The van der Waals surface area contributed by atoms with Crippen LogP contribution in [0.4, 0.5) is 0 Å².